The molecule has 2 saturated heterocycles. The second-order valence-corrected chi connectivity index (χ2v) is 7.41. The Balaban J connectivity index is 1.51. The van der Waals surface area contributed by atoms with Crippen molar-refractivity contribution in [2.24, 2.45) is 11.7 Å². The minimum Gasteiger partial charge on any atom is -0.493 e. The molecular weight excluding hydrogens is 360 g/mol. The van der Waals surface area contributed by atoms with Gasteiger partial charge < -0.3 is 25.0 Å². The smallest absolute Gasteiger partial charge is 0.314 e. The molecule has 0 bridgehead atoms. The second kappa shape index (κ2) is 9.14. The molecule has 1 atom stereocenters. The van der Waals surface area contributed by atoms with E-state index in [0.717, 1.165) is 49.5 Å². The number of urea groups is 1. The maximum absolute atomic E-state index is 12.8. The van der Waals surface area contributed by atoms with Crippen LogP contribution in [0, 0.1) is 5.92 Å². The summed E-state index contributed by atoms with van der Waals surface area (Å²) in [4.78, 5) is 30.1. The van der Waals surface area contributed by atoms with Gasteiger partial charge in [0.1, 0.15) is 0 Å². The summed E-state index contributed by atoms with van der Waals surface area (Å²) in [5.41, 5.74) is 6.53. The Bertz CT molecular complexity index is 703. The zero-order valence-corrected chi connectivity index (χ0v) is 16.7. The molecular formula is C20H30N4O4. The van der Waals surface area contributed by atoms with Gasteiger partial charge in [-0.2, -0.15) is 0 Å². The van der Waals surface area contributed by atoms with E-state index in [0.29, 0.717) is 26.2 Å². The summed E-state index contributed by atoms with van der Waals surface area (Å²) in [6.07, 6.45) is 1.66. The second-order valence-electron chi connectivity index (χ2n) is 7.41. The standard InChI is InChI=1S/C20H30N4O4/c1-27-17-6-5-15(12-18(17)28-2)13-22-8-10-23(11-9-22)19(25)16-4-3-7-24(14-16)20(21)26/h5-6,12,16H,3-4,7-11,13-14H2,1-2H3,(H2,21,26)/t16-/m0/s1. The Morgan fingerprint density at radius 2 is 1.75 bits per heavy atom. The van der Waals surface area contributed by atoms with E-state index in [1.807, 2.05) is 23.1 Å². The monoisotopic (exact) mass is 390 g/mol. The zero-order valence-electron chi connectivity index (χ0n) is 16.7. The molecule has 0 aliphatic carbocycles. The van der Waals surface area contributed by atoms with Gasteiger partial charge in [0.25, 0.3) is 0 Å². The first-order valence-corrected chi connectivity index (χ1v) is 9.78. The lowest BCUT2D eigenvalue weighted by molar-refractivity contribution is -0.138. The minimum absolute atomic E-state index is 0.126. The molecule has 0 aromatic heterocycles. The van der Waals surface area contributed by atoms with Crippen LogP contribution in [0.5, 0.6) is 11.5 Å². The highest BCUT2D eigenvalue weighted by Gasteiger charge is 2.32. The predicted molar refractivity (Wildman–Crippen MR) is 105 cm³/mol. The number of likely N-dealkylation sites (tertiary alicyclic amines) is 1. The van der Waals surface area contributed by atoms with Crippen molar-refractivity contribution in [2.75, 3.05) is 53.5 Å². The van der Waals surface area contributed by atoms with E-state index in [1.165, 1.54) is 0 Å². The van der Waals surface area contributed by atoms with Crippen LogP contribution >= 0.6 is 0 Å². The van der Waals surface area contributed by atoms with E-state index >= 15 is 0 Å². The number of carbonyl (C=O) groups excluding carboxylic acids is 2. The van der Waals surface area contributed by atoms with Crippen LogP contribution in [0.1, 0.15) is 18.4 Å². The number of hydrogen-bond acceptors (Lipinski definition) is 5. The summed E-state index contributed by atoms with van der Waals surface area (Å²) in [5.74, 6) is 1.47. The molecule has 3 rings (SSSR count). The van der Waals surface area contributed by atoms with Crippen molar-refractivity contribution in [3.63, 3.8) is 0 Å². The van der Waals surface area contributed by atoms with E-state index in [4.69, 9.17) is 15.2 Å². The van der Waals surface area contributed by atoms with E-state index < -0.39 is 6.03 Å². The first kappa shape index (κ1) is 20.3. The van der Waals surface area contributed by atoms with Gasteiger partial charge in [0, 0.05) is 45.8 Å². The number of rotatable bonds is 5. The molecule has 2 N–H and O–H groups in total. The molecule has 2 fully saturated rings. The van der Waals surface area contributed by atoms with E-state index in [2.05, 4.69) is 4.90 Å². The Labute approximate surface area is 166 Å². The number of methoxy groups -OCH3 is 2. The third-order valence-electron chi connectivity index (χ3n) is 5.62. The number of ether oxygens (including phenoxy) is 2. The van der Waals surface area contributed by atoms with Crippen molar-refractivity contribution < 1.29 is 19.1 Å². The molecule has 0 radical (unpaired) electrons. The predicted octanol–water partition coefficient (Wildman–Crippen LogP) is 1.14. The van der Waals surface area contributed by atoms with Crippen molar-refractivity contribution in [3.8, 4) is 11.5 Å². The van der Waals surface area contributed by atoms with Crippen molar-refractivity contribution in [1.29, 1.82) is 0 Å². The molecule has 28 heavy (non-hydrogen) atoms. The third-order valence-corrected chi connectivity index (χ3v) is 5.62. The van der Waals surface area contributed by atoms with Crippen molar-refractivity contribution >= 4 is 11.9 Å². The number of nitrogens with zero attached hydrogens (tertiary/aromatic N) is 3. The molecule has 2 heterocycles. The number of amides is 3. The third kappa shape index (κ3) is 4.67. The fourth-order valence-corrected chi connectivity index (χ4v) is 4.00. The molecule has 0 saturated carbocycles. The quantitative estimate of drug-likeness (QED) is 0.815. The molecule has 0 spiro atoms. The van der Waals surface area contributed by atoms with Gasteiger partial charge in [-0.1, -0.05) is 6.07 Å². The maximum atomic E-state index is 12.8. The molecule has 1 aromatic rings. The van der Waals surface area contributed by atoms with Crippen LogP contribution in [-0.4, -0.2) is 80.1 Å². The van der Waals surface area contributed by atoms with Crippen molar-refractivity contribution in [1.82, 2.24) is 14.7 Å². The van der Waals surface area contributed by atoms with Crippen LogP contribution in [0.3, 0.4) is 0 Å². The highest BCUT2D eigenvalue weighted by atomic mass is 16.5. The maximum Gasteiger partial charge on any atom is 0.314 e. The van der Waals surface area contributed by atoms with Crippen LogP contribution in [0.2, 0.25) is 0 Å². The number of primary amides is 1. The van der Waals surface area contributed by atoms with Gasteiger partial charge in [0.15, 0.2) is 11.5 Å². The summed E-state index contributed by atoms with van der Waals surface area (Å²) in [6, 6.07) is 5.52. The van der Waals surface area contributed by atoms with Crippen molar-refractivity contribution in [2.45, 2.75) is 19.4 Å². The SMILES string of the molecule is COc1ccc(CN2CCN(C(=O)[C@H]3CCCN(C(N)=O)C3)CC2)cc1OC. The van der Waals surface area contributed by atoms with Gasteiger partial charge in [0.2, 0.25) is 5.91 Å². The lowest BCUT2D eigenvalue weighted by Crippen LogP contribution is -2.53. The van der Waals surface area contributed by atoms with Gasteiger partial charge >= 0.3 is 6.03 Å². The first-order valence-electron chi connectivity index (χ1n) is 9.78. The summed E-state index contributed by atoms with van der Waals surface area (Å²) in [6.45, 7) is 4.97. The Hall–Kier alpha value is -2.48. The van der Waals surface area contributed by atoms with Crippen molar-refractivity contribution in [3.05, 3.63) is 23.8 Å². The summed E-state index contributed by atoms with van der Waals surface area (Å²) >= 11 is 0. The largest absolute Gasteiger partial charge is 0.493 e. The fourth-order valence-electron chi connectivity index (χ4n) is 4.00. The average molecular weight is 390 g/mol. The number of hydrogen-bond donors (Lipinski definition) is 1. The Morgan fingerprint density at radius 1 is 1.04 bits per heavy atom. The summed E-state index contributed by atoms with van der Waals surface area (Å²) in [7, 11) is 3.26. The number of benzene rings is 1. The van der Waals surface area contributed by atoms with Gasteiger partial charge in [-0.05, 0) is 30.5 Å². The first-order chi connectivity index (χ1) is 13.5. The lowest BCUT2D eigenvalue weighted by atomic mass is 9.96. The zero-order chi connectivity index (χ0) is 20.1. The normalized spacial score (nSPS) is 20.7. The highest BCUT2D eigenvalue weighted by Crippen LogP contribution is 2.28. The van der Waals surface area contributed by atoms with Crippen LogP contribution in [-0.2, 0) is 11.3 Å². The van der Waals surface area contributed by atoms with Crippen LogP contribution in [0.25, 0.3) is 0 Å². The molecule has 8 nitrogen and oxygen atoms in total. The van der Waals surface area contributed by atoms with E-state index in [-0.39, 0.29) is 11.8 Å². The van der Waals surface area contributed by atoms with Crippen LogP contribution in [0.4, 0.5) is 4.79 Å². The lowest BCUT2D eigenvalue weighted by Gasteiger charge is -2.38. The average Bonchev–Trinajstić information content (AvgIpc) is 2.73. The molecule has 8 heteroatoms. The number of carbonyl (C=O) groups is 2. The number of nitrogens with two attached hydrogens (primary N) is 1. The minimum atomic E-state index is -0.433. The molecule has 1 aromatic carbocycles. The van der Waals surface area contributed by atoms with Gasteiger partial charge in [-0.25, -0.2) is 4.79 Å². The molecule has 2 aliphatic rings. The topological polar surface area (TPSA) is 88.3 Å². The number of piperazine rings is 1. The fraction of sp³-hybridized carbons (Fsp3) is 0.600. The van der Waals surface area contributed by atoms with E-state index in [9.17, 15) is 9.59 Å². The molecule has 2 aliphatic heterocycles. The van der Waals surface area contributed by atoms with Crippen LogP contribution in [0.15, 0.2) is 18.2 Å². The van der Waals surface area contributed by atoms with Gasteiger partial charge in [-0.3, -0.25) is 9.69 Å². The number of piperidine rings is 1. The highest BCUT2D eigenvalue weighted by molar-refractivity contribution is 5.80. The molecule has 0 unspecified atom stereocenters. The summed E-state index contributed by atoms with van der Waals surface area (Å²) in [5, 5.41) is 0. The van der Waals surface area contributed by atoms with E-state index in [1.54, 1.807) is 19.1 Å². The van der Waals surface area contributed by atoms with Gasteiger partial charge in [-0.15, -0.1) is 0 Å². The molecule has 154 valence electrons. The van der Waals surface area contributed by atoms with Gasteiger partial charge in [0.05, 0.1) is 20.1 Å². The molecule has 3 amide bonds. The van der Waals surface area contributed by atoms with Crippen LogP contribution < -0.4 is 15.2 Å². The Kier molecular flexibility index (Phi) is 6.61. The Morgan fingerprint density at radius 3 is 2.39 bits per heavy atom. The summed E-state index contributed by atoms with van der Waals surface area (Å²) < 4.78 is 10.7.